The second-order valence-corrected chi connectivity index (χ2v) is 4.63. The number of carbonyl (C=O) groups excluding carboxylic acids is 1. The predicted octanol–water partition coefficient (Wildman–Crippen LogP) is 1.00. The fraction of sp³-hybridized carbons (Fsp3) is 0.600. The molecule has 0 spiro atoms. The number of thiazole rings is 1. The van der Waals surface area contributed by atoms with Crippen LogP contribution >= 0.6 is 11.3 Å². The first kappa shape index (κ1) is 12.1. The molecular formula is C10H17N3OS. The van der Waals surface area contributed by atoms with Crippen LogP contribution in [-0.2, 0) is 11.3 Å². The summed E-state index contributed by atoms with van der Waals surface area (Å²) in [6.45, 7) is 4.82. The molecule has 0 aliphatic carbocycles. The average Bonchev–Trinajstić information content (AvgIpc) is 2.62. The highest BCUT2D eigenvalue weighted by Gasteiger charge is 2.17. The summed E-state index contributed by atoms with van der Waals surface area (Å²) in [6, 6.07) is 0. The van der Waals surface area contributed by atoms with E-state index in [2.05, 4.69) is 4.98 Å². The highest BCUT2D eigenvalue weighted by atomic mass is 32.1. The van der Waals surface area contributed by atoms with Crippen molar-refractivity contribution in [2.75, 3.05) is 13.6 Å². The molecule has 1 rings (SSSR count). The lowest BCUT2D eigenvalue weighted by molar-refractivity contribution is -0.133. The van der Waals surface area contributed by atoms with Crippen LogP contribution in [0.15, 0.2) is 5.51 Å². The van der Waals surface area contributed by atoms with Gasteiger partial charge < -0.3 is 10.6 Å². The van der Waals surface area contributed by atoms with E-state index in [4.69, 9.17) is 5.73 Å². The molecule has 2 N–H and O–H groups in total. The van der Waals surface area contributed by atoms with Gasteiger partial charge in [0.2, 0.25) is 5.91 Å². The molecule has 1 atom stereocenters. The summed E-state index contributed by atoms with van der Waals surface area (Å²) >= 11 is 1.58. The van der Waals surface area contributed by atoms with E-state index in [0.717, 1.165) is 10.6 Å². The maximum Gasteiger partial charge on any atom is 0.226 e. The number of amides is 1. The summed E-state index contributed by atoms with van der Waals surface area (Å²) in [5.74, 6) is -0.0199. The van der Waals surface area contributed by atoms with Crippen LogP contribution in [-0.4, -0.2) is 29.4 Å². The van der Waals surface area contributed by atoms with Crippen molar-refractivity contribution >= 4 is 17.2 Å². The van der Waals surface area contributed by atoms with E-state index in [1.807, 2.05) is 13.8 Å². The normalized spacial score (nSPS) is 12.5. The molecule has 0 saturated carbocycles. The molecule has 0 aliphatic heterocycles. The van der Waals surface area contributed by atoms with Crippen molar-refractivity contribution in [2.24, 2.45) is 11.7 Å². The van der Waals surface area contributed by atoms with Crippen LogP contribution in [0.25, 0.3) is 0 Å². The maximum absolute atomic E-state index is 11.7. The molecule has 5 heteroatoms. The van der Waals surface area contributed by atoms with E-state index in [1.54, 1.807) is 28.8 Å². The molecule has 0 fully saturated rings. The number of aromatic nitrogens is 1. The molecule has 0 bridgehead atoms. The largest absolute Gasteiger partial charge is 0.340 e. The Morgan fingerprint density at radius 1 is 1.73 bits per heavy atom. The first-order valence-corrected chi connectivity index (χ1v) is 5.78. The van der Waals surface area contributed by atoms with Gasteiger partial charge in [-0.15, -0.1) is 11.3 Å². The Balaban J connectivity index is 2.60. The van der Waals surface area contributed by atoms with Crippen LogP contribution in [0.4, 0.5) is 0 Å². The minimum absolute atomic E-state index is 0.0882. The molecular weight excluding hydrogens is 210 g/mol. The Kier molecular flexibility index (Phi) is 4.23. The first-order chi connectivity index (χ1) is 7.06. The number of hydrogen-bond donors (Lipinski definition) is 1. The SMILES string of the molecule is Cc1ncsc1CN(C)C(=O)C(C)CN. The van der Waals surface area contributed by atoms with E-state index in [9.17, 15) is 4.79 Å². The second-order valence-electron chi connectivity index (χ2n) is 3.69. The number of nitrogens with two attached hydrogens (primary N) is 1. The molecule has 1 aromatic rings. The van der Waals surface area contributed by atoms with Crippen molar-refractivity contribution in [1.82, 2.24) is 9.88 Å². The third-order valence-electron chi connectivity index (χ3n) is 2.38. The first-order valence-electron chi connectivity index (χ1n) is 4.90. The van der Waals surface area contributed by atoms with Crippen molar-refractivity contribution in [3.05, 3.63) is 16.1 Å². The summed E-state index contributed by atoms with van der Waals surface area (Å²) in [5.41, 5.74) is 8.26. The Hall–Kier alpha value is -0.940. The van der Waals surface area contributed by atoms with Gasteiger partial charge in [0, 0.05) is 24.4 Å². The topological polar surface area (TPSA) is 59.2 Å². The van der Waals surface area contributed by atoms with E-state index in [1.165, 1.54) is 0 Å². The summed E-state index contributed by atoms with van der Waals surface area (Å²) in [6.07, 6.45) is 0. The highest BCUT2D eigenvalue weighted by Crippen LogP contribution is 2.15. The predicted molar refractivity (Wildman–Crippen MR) is 61.5 cm³/mol. The number of aryl methyl sites for hydroxylation is 1. The lowest BCUT2D eigenvalue weighted by Gasteiger charge is -2.19. The monoisotopic (exact) mass is 227 g/mol. The van der Waals surface area contributed by atoms with Gasteiger partial charge in [0.25, 0.3) is 0 Å². The second kappa shape index (κ2) is 5.23. The number of nitrogens with zero attached hydrogens (tertiary/aromatic N) is 2. The third-order valence-corrected chi connectivity index (χ3v) is 3.30. The zero-order valence-electron chi connectivity index (χ0n) is 9.36. The molecule has 0 radical (unpaired) electrons. The summed E-state index contributed by atoms with van der Waals surface area (Å²) in [4.78, 5) is 18.7. The Bertz CT molecular complexity index is 337. The van der Waals surface area contributed by atoms with Crippen molar-refractivity contribution in [1.29, 1.82) is 0 Å². The van der Waals surface area contributed by atoms with Crippen LogP contribution in [0.2, 0.25) is 0 Å². The van der Waals surface area contributed by atoms with Gasteiger partial charge in [-0.1, -0.05) is 6.92 Å². The molecule has 84 valence electrons. The summed E-state index contributed by atoms with van der Waals surface area (Å²) in [5, 5.41) is 0. The van der Waals surface area contributed by atoms with Crippen molar-refractivity contribution < 1.29 is 4.79 Å². The van der Waals surface area contributed by atoms with Crippen LogP contribution < -0.4 is 5.73 Å². The standard InChI is InChI=1S/C10H17N3OS/c1-7(4-11)10(14)13(3)5-9-8(2)12-6-15-9/h6-7H,4-5,11H2,1-3H3. The molecule has 0 aromatic carbocycles. The van der Waals surface area contributed by atoms with Gasteiger partial charge in [-0.25, -0.2) is 4.98 Å². The van der Waals surface area contributed by atoms with E-state index in [0.29, 0.717) is 13.1 Å². The molecule has 0 aliphatic rings. The smallest absolute Gasteiger partial charge is 0.226 e. The molecule has 1 unspecified atom stereocenters. The van der Waals surface area contributed by atoms with E-state index in [-0.39, 0.29) is 11.8 Å². The molecule has 1 amide bonds. The van der Waals surface area contributed by atoms with Gasteiger partial charge in [0.1, 0.15) is 0 Å². The van der Waals surface area contributed by atoms with Crippen molar-refractivity contribution in [3.63, 3.8) is 0 Å². The lowest BCUT2D eigenvalue weighted by Crippen LogP contribution is -2.34. The molecule has 1 aromatic heterocycles. The number of carbonyl (C=O) groups is 1. The maximum atomic E-state index is 11.7. The van der Waals surface area contributed by atoms with E-state index < -0.39 is 0 Å². The van der Waals surface area contributed by atoms with Gasteiger partial charge in [0.15, 0.2) is 0 Å². The van der Waals surface area contributed by atoms with E-state index >= 15 is 0 Å². The number of rotatable bonds is 4. The third kappa shape index (κ3) is 3.00. The fourth-order valence-corrected chi connectivity index (χ4v) is 2.08. The Morgan fingerprint density at radius 2 is 2.40 bits per heavy atom. The van der Waals surface area contributed by atoms with Gasteiger partial charge in [-0.05, 0) is 6.92 Å². The zero-order valence-corrected chi connectivity index (χ0v) is 10.2. The van der Waals surface area contributed by atoms with Gasteiger partial charge in [-0.2, -0.15) is 0 Å². The fourth-order valence-electron chi connectivity index (χ4n) is 1.25. The van der Waals surface area contributed by atoms with Gasteiger partial charge in [0.05, 0.1) is 17.7 Å². The van der Waals surface area contributed by atoms with Crippen LogP contribution in [0.1, 0.15) is 17.5 Å². The Morgan fingerprint density at radius 3 is 2.87 bits per heavy atom. The van der Waals surface area contributed by atoms with Crippen molar-refractivity contribution in [3.8, 4) is 0 Å². The minimum atomic E-state index is -0.108. The van der Waals surface area contributed by atoms with Crippen molar-refractivity contribution in [2.45, 2.75) is 20.4 Å². The van der Waals surface area contributed by atoms with Crippen LogP contribution in [0, 0.1) is 12.8 Å². The molecule has 15 heavy (non-hydrogen) atoms. The average molecular weight is 227 g/mol. The molecule has 1 heterocycles. The summed E-state index contributed by atoms with van der Waals surface area (Å²) in [7, 11) is 1.80. The zero-order chi connectivity index (χ0) is 11.4. The highest BCUT2D eigenvalue weighted by molar-refractivity contribution is 7.09. The Labute approximate surface area is 94.1 Å². The summed E-state index contributed by atoms with van der Waals surface area (Å²) < 4.78 is 0. The van der Waals surface area contributed by atoms with Crippen LogP contribution in [0.3, 0.4) is 0 Å². The molecule has 0 saturated heterocycles. The van der Waals surface area contributed by atoms with Gasteiger partial charge in [-0.3, -0.25) is 4.79 Å². The quantitative estimate of drug-likeness (QED) is 0.835. The molecule has 4 nitrogen and oxygen atoms in total. The number of hydrogen-bond acceptors (Lipinski definition) is 4. The minimum Gasteiger partial charge on any atom is -0.340 e. The van der Waals surface area contributed by atoms with Gasteiger partial charge >= 0.3 is 0 Å². The lowest BCUT2D eigenvalue weighted by atomic mass is 10.1. The van der Waals surface area contributed by atoms with Crippen LogP contribution in [0.5, 0.6) is 0 Å².